The van der Waals surface area contributed by atoms with Crippen molar-refractivity contribution in [2.24, 2.45) is 0 Å². The van der Waals surface area contributed by atoms with Crippen molar-refractivity contribution in [1.82, 2.24) is 0 Å². The summed E-state index contributed by atoms with van der Waals surface area (Å²) in [6.07, 6.45) is 23.8. The number of hydrogen-bond donors (Lipinski definition) is 0. The van der Waals surface area contributed by atoms with Gasteiger partial charge in [-0.25, -0.2) is 0 Å². The third-order valence-corrected chi connectivity index (χ3v) is 7.07. The summed E-state index contributed by atoms with van der Waals surface area (Å²) >= 11 is 0. The van der Waals surface area contributed by atoms with Crippen molar-refractivity contribution in [3.8, 4) is 0 Å². The Hall–Kier alpha value is -1.22. The fourth-order valence-corrected chi connectivity index (χ4v) is 4.49. The van der Waals surface area contributed by atoms with E-state index in [4.69, 9.17) is 28.4 Å². The van der Waals surface area contributed by atoms with Gasteiger partial charge in [0, 0.05) is 12.8 Å². The molecule has 0 heterocycles. The smallest absolute Gasteiger partial charge is 0.305 e. The second-order valence-electron chi connectivity index (χ2n) is 11.0. The Balaban J connectivity index is 3.18. The molecule has 0 aliphatic rings. The first-order chi connectivity index (χ1) is 20.7. The van der Waals surface area contributed by atoms with Crippen LogP contribution >= 0.6 is 0 Å². The van der Waals surface area contributed by atoms with Gasteiger partial charge < -0.3 is 28.4 Å². The normalized spacial score (nSPS) is 11.2. The van der Waals surface area contributed by atoms with Crippen molar-refractivity contribution in [1.29, 1.82) is 0 Å². The van der Waals surface area contributed by atoms with Crippen molar-refractivity contribution in [2.75, 3.05) is 66.1 Å². The second kappa shape index (κ2) is 36.0. The van der Waals surface area contributed by atoms with E-state index in [0.29, 0.717) is 72.3 Å². The van der Waals surface area contributed by atoms with Gasteiger partial charge >= 0.3 is 11.9 Å². The molecule has 0 unspecified atom stereocenters. The minimum absolute atomic E-state index is 0.130. The Kier molecular flexibility index (Phi) is 34.9. The highest BCUT2D eigenvalue weighted by Crippen LogP contribution is 2.13. The van der Waals surface area contributed by atoms with E-state index in [-0.39, 0.29) is 18.5 Å². The van der Waals surface area contributed by atoms with Crippen LogP contribution in [0.1, 0.15) is 142 Å². The van der Waals surface area contributed by atoms with E-state index >= 15 is 0 Å². The van der Waals surface area contributed by atoms with Crippen molar-refractivity contribution in [2.45, 2.75) is 142 Å². The topological polar surface area (TPSA) is 89.5 Å². The van der Waals surface area contributed by atoms with Crippen LogP contribution in [0.15, 0.2) is 0 Å². The summed E-state index contributed by atoms with van der Waals surface area (Å²) in [5, 5.41) is 0. The summed E-state index contributed by atoms with van der Waals surface area (Å²) in [5.74, 6) is -0.287. The quantitative estimate of drug-likeness (QED) is 0.0533. The van der Waals surface area contributed by atoms with E-state index in [1.54, 1.807) is 0 Å². The van der Waals surface area contributed by atoms with Crippen LogP contribution in [0, 0.1) is 0 Å². The fraction of sp³-hybridized carbons (Fsp3) is 0.941. The molecule has 0 rings (SSSR count). The van der Waals surface area contributed by atoms with Gasteiger partial charge in [-0.3, -0.25) is 9.59 Å². The largest absolute Gasteiger partial charge is 0.463 e. The van der Waals surface area contributed by atoms with E-state index in [1.165, 1.54) is 83.5 Å². The zero-order chi connectivity index (χ0) is 30.6. The lowest BCUT2D eigenvalue weighted by Crippen LogP contribution is -2.15. The van der Waals surface area contributed by atoms with E-state index < -0.39 is 0 Å². The number of unbranched alkanes of at least 4 members (excludes halogenated alkanes) is 16. The van der Waals surface area contributed by atoms with E-state index in [0.717, 1.165) is 32.1 Å². The molecule has 0 saturated carbocycles. The Morgan fingerprint density at radius 3 is 0.905 bits per heavy atom. The highest BCUT2D eigenvalue weighted by molar-refractivity contribution is 5.69. The molecule has 42 heavy (non-hydrogen) atoms. The molecule has 0 aliphatic carbocycles. The summed E-state index contributed by atoms with van der Waals surface area (Å²) < 4.78 is 32.0. The molecule has 0 atom stereocenters. The van der Waals surface area contributed by atoms with E-state index in [9.17, 15) is 9.59 Å². The maximum absolute atomic E-state index is 11.8. The number of carbonyl (C=O) groups excluding carboxylic acids is 2. The minimum atomic E-state index is -0.156. The minimum Gasteiger partial charge on any atom is -0.463 e. The molecule has 0 aromatic rings. The van der Waals surface area contributed by atoms with Gasteiger partial charge in [0.25, 0.3) is 0 Å². The summed E-state index contributed by atoms with van der Waals surface area (Å²) in [6, 6.07) is 0. The molecule has 0 amide bonds. The first-order valence-corrected chi connectivity index (χ1v) is 17.3. The molecule has 0 saturated heterocycles. The molecular formula is C34H66O8. The van der Waals surface area contributed by atoms with Crippen LogP contribution in [0.5, 0.6) is 0 Å². The van der Waals surface area contributed by atoms with Gasteiger partial charge in [0.1, 0.15) is 13.2 Å². The van der Waals surface area contributed by atoms with Crippen molar-refractivity contribution < 1.29 is 38.0 Å². The highest BCUT2D eigenvalue weighted by Gasteiger charge is 2.03. The Bertz CT molecular complexity index is 558. The number of rotatable bonds is 35. The van der Waals surface area contributed by atoms with Gasteiger partial charge in [-0.2, -0.15) is 0 Å². The van der Waals surface area contributed by atoms with Gasteiger partial charge in [-0.05, 0) is 12.8 Å². The summed E-state index contributed by atoms with van der Waals surface area (Å²) in [4.78, 5) is 23.3. The van der Waals surface area contributed by atoms with Crippen LogP contribution in [0.25, 0.3) is 0 Å². The zero-order valence-electron chi connectivity index (χ0n) is 27.5. The van der Waals surface area contributed by atoms with Gasteiger partial charge in [-0.1, -0.05) is 117 Å². The average molecular weight is 603 g/mol. The predicted molar refractivity (Wildman–Crippen MR) is 169 cm³/mol. The lowest BCUT2D eigenvalue weighted by molar-refractivity contribution is -0.146. The molecule has 0 bridgehead atoms. The lowest BCUT2D eigenvalue weighted by atomic mass is 10.0. The molecule has 0 aromatic heterocycles. The van der Waals surface area contributed by atoms with Crippen LogP contribution in [0.4, 0.5) is 0 Å². The molecule has 0 fully saturated rings. The van der Waals surface area contributed by atoms with Gasteiger partial charge in [0.05, 0.1) is 52.9 Å². The van der Waals surface area contributed by atoms with Crippen LogP contribution in [-0.2, 0) is 38.0 Å². The van der Waals surface area contributed by atoms with Crippen molar-refractivity contribution in [3.05, 3.63) is 0 Å². The molecule has 0 aliphatic heterocycles. The zero-order valence-corrected chi connectivity index (χ0v) is 27.5. The summed E-state index contributed by atoms with van der Waals surface area (Å²) in [7, 11) is 0. The van der Waals surface area contributed by atoms with Crippen molar-refractivity contribution >= 4 is 11.9 Å². The molecule has 0 N–H and O–H groups in total. The third kappa shape index (κ3) is 35.0. The molecular weight excluding hydrogens is 536 g/mol. The van der Waals surface area contributed by atoms with Gasteiger partial charge in [0.2, 0.25) is 0 Å². The monoisotopic (exact) mass is 602 g/mol. The molecule has 250 valence electrons. The third-order valence-electron chi connectivity index (χ3n) is 7.07. The standard InChI is InChI=1S/C34H66O8/c1-3-5-7-8-9-10-11-12-13-14-15-16-17-18-20-22-34(36)42-32-30-40-28-26-38-24-23-37-25-27-39-29-31-41-33(35)21-19-6-4-2/h3-32H2,1-2H3. The van der Waals surface area contributed by atoms with Crippen molar-refractivity contribution in [3.63, 3.8) is 0 Å². The first-order valence-electron chi connectivity index (χ1n) is 17.3. The number of esters is 2. The fourth-order valence-electron chi connectivity index (χ4n) is 4.49. The number of carbonyl (C=O) groups is 2. The lowest BCUT2D eigenvalue weighted by Gasteiger charge is -2.08. The van der Waals surface area contributed by atoms with Crippen LogP contribution < -0.4 is 0 Å². The van der Waals surface area contributed by atoms with Gasteiger partial charge in [-0.15, -0.1) is 0 Å². The molecule has 0 aromatic carbocycles. The number of hydrogen-bond acceptors (Lipinski definition) is 8. The Labute approximate surface area is 258 Å². The Morgan fingerprint density at radius 2 is 0.571 bits per heavy atom. The van der Waals surface area contributed by atoms with Crippen LogP contribution in [0.2, 0.25) is 0 Å². The summed E-state index contributed by atoms with van der Waals surface area (Å²) in [5.41, 5.74) is 0. The van der Waals surface area contributed by atoms with Crippen LogP contribution in [-0.4, -0.2) is 78.0 Å². The van der Waals surface area contributed by atoms with Crippen LogP contribution in [0.3, 0.4) is 0 Å². The van der Waals surface area contributed by atoms with E-state index in [1.807, 2.05) is 0 Å². The second-order valence-corrected chi connectivity index (χ2v) is 11.0. The molecule has 8 nitrogen and oxygen atoms in total. The highest BCUT2D eigenvalue weighted by atomic mass is 16.6. The molecule has 8 heteroatoms. The maximum Gasteiger partial charge on any atom is 0.305 e. The van der Waals surface area contributed by atoms with E-state index in [2.05, 4.69) is 13.8 Å². The molecule has 0 spiro atoms. The Morgan fingerprint density at radius 1 is 0.333 bits per heavy atom. The average Bonchev–Trinajstić information content (AvgIpc) is 2.99. The SMILES string of the molecule is CCCCCCCCCCCCCCCCCC(=O)OCCOCCOCCOCCOCCOC(=O)CCCCC. The molecule has 0 radical (unpaired) electrons. The predicted octanol–water partition coefficient (Wildman–Crippen LogP) is 7.98. The maximum atomic E-state index is 11.8. The summed E-state index contributed by atoms with van der Waals surface area (Å²) in [6.45, 7) is 8.52. The number of ether oxygens (including phenoxy) is 6. The first kappa shape index (κ1) is 40.8. The van der Waals surface area contributed by atoms with Gasteiger partial charge in [0.15, 0.2) is 0 Å².